The number of amides is 2. The predicted molar refractivity (Wildman–Crippen MR) is 101 cm³/mol. The first-order valence-electron chi connectivity index (χ1n) is 7.83. The summed E-state index contributed by atoms with van der Waals surface area (Å²) in [6.07, 6.45) is 0. The van der Waals surface area contributed by atoms with Crippen LogP contribution in [0.15, 0.2) is 47.5 Å². The molecular formula is C19H15Cl2NO4. The van der Waals surface area contributed by atoms with Crippen LogP contribution in [-0.2, 0) is 9.59 Å². The quantitative estimate of drug-likeness (QED) is 0.714. The Labute approximate surface area is 160 Å². The maximum Gasteiger partial charge on any atom is 0.277 e. The highest BCUT2D eigenvalue weighted by atomic mass is 35.5. The van der Waals surface area contributed by atoms with E-state index < -0.39 is 11.8 Å². The van der Waals surface area contributed by atoms with Crippen molar-refractivity contribution in [2.75, 3.05) is 18.6 Å². The lowest BCUT2D eigenvalue weighted by atomic mass is 10.1. The molecule has 0 aromatic heterocycles. The molecule has 26 heavy (non-hydrogen) atoms. The molecule has 134 valence electrons. The first kappa shape index (κ1) is 18.3. The lowest BCUT2D eigenvalue weighted by Gasteiger charge is -2.18. The summed E-state index contributed by atoms with van der Waals surface area (Å²) in [4.78, 5) is 26.6. The number of rotatable bonds is 5. The molecule has 7 heteroatoms. The number of nitrogens with zero attached hydrogens (tertiary/aromatic N) is 1. The molecule has 2 amide bonds. The van der Waals surface area contributed by atoms with E-state index in [4.69, 9.17) is 32.7 Å². The highest BCUT2D eigenvalue weighted by Gasteiger charge is 2.40. The van der Waals surface area contributed by atoms with Gasteiger partial charge in [-0.3, -0.25) is 9.59 Å². The Morgan fingerprint density at radius 3 is 2.31 bits per heavy atom. The fourth-order valence-electron chi connectivity index (χ4n) is 2.69. The van der Waals surface area contributed by atoms with Crippen LogP contribution in [0.1, 0.15) is 12.5 Å². The minimum Gasteiger partial charge on any atom is -0.495 e. The van der Waals surface area contributed by atoms with Gasteiger partial charge in [-0.2, -0.15) is 0 Å². The van der Waals surface area contributed by atoms with Crippen molar-refractivity contribution in [2.24, 2.45) is 0 Å². The summed E-state index contributed by atoms with van der Waals surface area (Å²) in [6, 6.07) is 11.5. The van der Waals surface area contributed by atoms with E-state index in [0.29, 0.717) is 28.7 Å². The zero-order chi connectivity index (χ0) is 18.8. The second-order valence-electron chi connectivity index (χ2n) is 5.41. The third-order valence-electron chi connectivity index (χ3n) is 3.86. The molecule has 0 saturated heterocycles. The van der Waals surface area contributed by atoms with E-state index in [0.717, 1.165) is 4.90 Å². The van der Waals surface area contributed by atoms with Crippen LogP contribution in [0.25, 0.3) is 5.57 Å². The van der Waals surface area contributed by atoms with E-state index in [-0.39, 0.29) is 16.3 Å². The molecule has 0 saturated carbocycles. The minimum absolute atomic E-state index is 0.127. The molecule has 0 bridgehead atoms. The Morgan fingerprint density at radius 1 is 1.00 bits per heavy atom. The van der Waals surface area contributed by atoms with Crippen molar-refractivity contribution in [2.45, 2.75) is 6.92 Å². The third-order valence-corrected chi connectivity index (χ3v) is 4.45. The normalized spacial score (nSPS) is 14.2. The summed E-state index contributed by atoms with van der Waals surface area (Å²) in [6.45, 7) is 2.41. The van der Waals surface area contributed by atoms with Crippen molar-refractivity contribution in [3.05, 3.63) is 58.1 Å². The van der Waals surface area contributed by atoms with E-state index >= 15 is 0 Å². The summed E-state index contributed by atoms with van der Waals surface area (Å²) in [5.74, 6) is -0.155. The van der Waals surface area contributed by atoms with Gasteiger partial charge in [0, 0.05) is 5.02 Å². The number of ether oxygens (including phenoxy) is 2. The Kier molecular flexibility index (Phi) is 5.20. The van der Waals surface area contributed by atoms with Gasteiger partial charge in [-0.25, -0.2) is 4.90 Å². The molecule has 3 rings (SSSR count). The fourth-order valence-corrected chi connectivity index (χ4v) is 3.14. The zero-order valence-electron chi connectivity index (χ0n) is 14.1. The number of carbonyl (C=O) groups excluding carboxylic acids is 2. The minimum atomic E-state index is -0.624. The van der Waals surface area contributed by atoms with Gasteiger partial charge < -0.3 is 9.47 Å². The van der Waals surface area contributed by atoms with Gasteiger partial charge in [-0.15, -0.1) is 0 Å². The van der Waals surface area contributed by atoms with E-state index in [2.05, 4.69) is 0 Å². The number of methoxy groups -OCH3 is 1. The average molecular weight is 392 g/mol. The molecule has 2 aromatic carbocycles. The Balaban J connectivity index is 2.02. The fraction of sp³-hybridized carbons (Fsp3) is 0.158. The summed E-state index contributed by atoms with van der Waals surface area (Å²) >= 11 is 12.2. The molecule has 0 radical (unpaired) electrons. The van der Waals surface area contributed by atoms with Crippen LogP contribution < -0.4 is 14.4 Å². The van der Waals surface area contributed by atoms with Crippen LogP contribution in [0.2, 0.25) is 5.02 Å². The number of benzene rings is 2. The molecular weight excluding hydrogens is 377 g/mol. The largest absolute Gasteiger partial charge is 0.495 e. The maximum absolute atomic E-state index is 13.0. The molecule has 0 atom stereocenters. The molecule has 1 aliphatic heterocycles. The summed E-state index contributed by atoms with van der Waals surface area (Å²) in [7, 11) is 1.44. The SMILES string of the molecule is CCOc1ccc(C2=C(Cl)C(=O)N(c3cc(Cl)ccc3OC)C2=O)cc1. The lowest BCUT2D eigenvalue weighted by molar-refractivity contribution is -0.119. The van der Waals surface area contributed by atoms with E-state index in [1.54, 1.807) is 36.4 Å². The topological polar surface area (TPSA) is 55.8 Å². The number of hydrogen-bond acceptors (Lipinski definition) is 4. The van der Waals surface area contributed by atoms with Gasteiger partial charge in [-0.1, -0.05) is 35.3 Å². The number of carbonyl (C=O) groups is 2. The van der Waals surface area contributed by atoms with Crippen LogP contribution in [0.4, 0.5) is 5.69 Å². The summed E-state index contributed by atoms with van der Waals surface area (Å²) < 4.78 is 10.6. The van der Waals surface area contributed by atoms with Crippen molar-refractivity contribution in [1.82, 2.24) is 0 Å². The van der Waals surface area contributed by atoms with Gasteiger partial charge >= 0.3 is 0 Å². The molecule has 0 fully saturated rings. The second kappa shape index (κ2) is 7.40. The predicted octanol–water partition coefficient (Wildman–Crippen LogP) is 4.27. The molecule has 1 aliphatic rings. The van der Waals surface area contributed by atoms with Crippen molar-refractivity contribution < 1.29 is 19.1 Å². The van der Waals surface area contributed by atoms with Crippen LogP contribution in [0.5, 0.6) is 11.5 Å². The van der Waals surface area contributed by atoms with Crippen molar-refractivity contribution in [3.8, 4) is 11.5 Å². The molecule has 2 aromatic rings. The first-order valence-corrected chi connectivity index (χ1v) is 8.58. The Hall–Kier alpha value is -2.50. The van der Waals surface area contributed by atoms with Crippen molar-refractivity contribution in [1.29, 1.82) is 0 Å². The van der Waals surface area contributed by atoms with E-state index in [1.807, 2.05) is 6.92 Å². The van der Waals surface area contributed by atoms with Crippen molar-refractivity contribution >= 4 is 46.3 Å². The molecule has 1 heterocycles. The monoisotopic (exact) mass is 391 g/mol. The molecule has 0 aliphatic carbocycles. The average Bonchev–Trinajstić information content (AvgIpc) is 2.85. The third kappa shape index (κ3) is 3.16. The van der Waals surface area contributed by atoms with Crippen LogP contribution in [0.3, 0.4) is 0 Å². The van der Waals surface area contributed by atoms with Crippen LogP contribution >= 0.6 is 23.2 Å². The van der Waals surface area contributed by atoms with Gasteiger partial charge in [0.25, 0.3) is 11.8 Å². The zero-order valence-corrected chi connectivity index (χ0v) is 15.6. The van der Waals surface area contributed by atoms with Gasteiger partial charge in [0.05, 0.1) is 25.0 Å². The maximum atomic E-state index is 13.0. The van der Waals surface area contributed by atoms with Crippen LogP contribution in [-0.4, -0.2) is 25.5 Å². The lowest BCUT2D eigenvalue weighted by Crippen LogP contribution is -2.31. The summed E-state index contributed by atoms with van der Waals surface area (Å²) in [5.41, 5.74) is 0.899. The molecule has 5 nitrogen and oxygen atoms in total. The highest BCUT2D eigenvalue weighted by molar-refractivity contribution is 6.60. The number of hydrogen-bond donors (Lipinski definition) is 0. The number of anilines is 1. The Bertz CT molecular complexity index is 906. The van der Waals surface area contributed by atoms with Gasteiger partial charge in [-0.05, 0) is 42.8 Å². The molecule has 0 spiro atoms. The molecule has 0 N–H and O–H groups in total. The number of imide groups is 1. The summed E-state index contributed by atoms with van der Waals surface area (Å²) in [5, 5.41) is 0.216. The highest BCUT2D eigenvalue weighted by Crippen LogP contribution is 2.40. The smallest absolute Gasteiger partial charge is 0.277 e. The van der Waals surface area contributed by atoms with Gasteiger partial charge in [0.2, 0.25) is 0 Å². The van der Waals surface area contributed by atoms with E-state index in [1.165, 1.54) is 13.2 Å². The van der Waals surface area contributed by atoms with E-state index in [9.17, 15) is 9.59 Å². The van der Waals surface area contributed by atoms with Crippen molar-refractivity contribution in [3.63, 3.8) is 0 Å². The Morgan fingerprint density at radius 2 is 1.69 bits per heavy atom. The second-order valence-corrected chi connectivity index (χ2v) is 6.22. The van der Waals surface area contributed by atoms with Gasteiger partial charge in [0.15, 0.2) is 0 Å². The number of halogens is 2. The van der Waals surface area contributed by atoms with Gasteiger partial charge in [0.1, 0.15) is 16.5 Å². The standard InChI is InChI=1S/C19H15Cl2NO4/c1-3-26-13-7-4-11(5-8-13)16-17(21)19(24)22(18(16)23)14-10-12(20)6-9-15(14)25-2/h4-10H,3H2,1-2H3. The molecule has 0 unspecified atom stereocenters. The first-order chi connectivity index (χ1) is 12.5. The van der Waals surface area contributed by atoms with Crippen LogP contribution in [0, 0.1) is 0 Å².